The van der Waals surface area contributed by atoms with E-state index in [0.717, 1.165) is 38.2 Å². The van der Waals surface area contributed by atoms with Gasteiger partial charge in [-0.3, -0.25) is 4.90 Å². The average Bonchev–Trinajstić information content (AvgIpc) is 2.96. The fraction of sp³-hybridized carbons (Fsp3) is 0.455. The number of rotatable bonds is 4. The van der Waals surface area contributed by atoms with Crippen molar-refractivity contribution in [2.45, 2.75) is 43.4 Å². The Morgan fingerprint density at radius 1 is 1.10 bits per heavy atom. The second kappa shape index (κ2) is 8.34. The molecule has 1 saturated heterocycles. The monoisotopic (exact) mass is 416 g/mol. The van der Waals surface area contributed by atoms with E-state index in [4.69, 9.17) is 9.47 Å². The molecule has 2 aliphatic rings. The first kappa shape index (κ1) is 20.2. The summed E-state index contributed by atoms with van der Waals surface area (Å²) in [6, 6.07) is 14.9. The van der Waals surface area contributed by atoms with Gasteiger partial charge in [0.15, 0.2) is 0 Å². The van der Waals surface area contributed by atoms with Crippen LogP contribution in [0.2, 0.25) is 0 Å². The molecule has 0 bridgehead atoms. The quantitative estimate of drug-likeness (QED) is 0.766. The van der Waals surface area contributed by atoms with Crippen LogP contribution in [0.25, 0.3) is 0 Å². The number of benzene rings is 2. The lowest BCUT2D eigenvalue weighted by Crippen LogP contribution is -2.46. The first-order chi connectivity index (χ1) is 14.0. The Kier molecular flexibility index (Phi) is 5.81. The van der Waals surface area contributed by atoms with Crippen LogP contribution in [0.5, 0.6) is 11.5 Å². The summed E-state index contributed by atoms with van der Waals surface area (Å²) in [6.07, 6.45) is 1.38. The molecule has 6 nitrogen and oxygen atoms in total. The van der Waals surface area contributed by atoms with Gasteiger partial charge in [-0.25, -0.2) is 8.42 Å². The zero-order valence-electron chi connectivity index (χ0n) is 17.0. The van der Waals surface area contributed by atoms with Crippen LogP contribution >= 0.6 is 0 Å². The SMILES string of the molecule is CCN1[C@H]2CCN(Cc3cccc(OC)c3)CC[C@@H]2Oc2ccccc2S1(=O)=O. The molecule has 156 valence electrons. The lowest BCUT2D eigenvalue weighted by molar-refractivity contribution is 0.115. The molecule has 0 aliphatic carbocycles. The Bertz CT molecular complexity index is 963. The molecule has 0 aromatic heterocycles. The van der Waals surface area contributed by atoms with Gasteiger partial charge in [-0.05, 0) is 42.7 Å². The van der Waals surface area contributed by atoms with Gasteiger partial charge in [-0.15, -0.1) is 0 Å². The molecule has 0 unspecified atom stereocenters. The summed E-state index contributed by atoms with van der Waals surface area (Å²) in [5.74, 6) is 1.32. The highest BCUT2D eigenvalue weighted by Crippen LogP contribution is 2.36. The van der Waals surface area contributed by atoms with Crippen molar-refractivity contribution in [1.82, 2.24) is 9.21 Å². The molecule has 1 fully saturated rings. The summed E-state index contributed by atoms with van der Waals surface area (Å²) in [7, 11) is -1.89. The lowest BCUT2D eigenvalue weighted by Gasteiger charge is -2.30. The fourth-order valence-electron chi connectivity index (χ4n) is 4.40. The summed E-state index contributed by atoms with van der Waals surface area (Å²) in [5, 5.41) is 0. The Labute approximate surface area is 173 Å². The maximum absolute atomic E-state index is 13.3. The Hall–Kier alpha value is -2.09. The Morgan fingerprint density at radius 3 is 2.69 bits per heavy atom. The molecule has 2 atom stereocenters. The summed E-state index contributed by atoms with van der Waals surface area (Å²) < 4.78 is 39.8. The largest absolute Gasteiger partial charge is 0.497 e. The van der Waals surface area contributed by atoms with Gasteiger partial charge >= 0.3 is 0 Å². The molecule has 29 heavy (non-hydrogen) atoms. The van der Waals surface area contributed by atoms with Crippen molar-refractivity contribution in [3.63, 3.8) is 0 Å². The van der Waals surface area contributed by atoms with Crippen LogP contribution in [-0.2, 0) is 16.6 Å². The maximum Gasteiger partial charge on any atom is 0.247 e. The number of fused-ring (bicyclic) bond motifs is 2. The number of hydrogen-bond donors (Lipinski definition) is 0. The van der Waals surface area contributed by atoms with Crippen molar-refractivity contribution in [1.29, 1.82) is 0 Å². The van der Waals surface area contributed by atoms with Crippen LogP contribution < -0.4 is 9.47 Å². The third-order valence-electron chi connectivity index (χ3n) is 5.84. The van der Waals surface area contributed by atoms with E-state index < -0.39 is 10.0 Å². The minimum Gasteiger partial charge on any atom is -0.497 e. The van der Waals surface area contributed by atoms with Crippen molar-refractivity contribution in [3.05, 3.63) is 54.1 Å². The van der Waals surface area contributed by atoms with E-state index in [9.17, 15) is 8.42 Å². The van der Waals surface area contributed by atoms with Crippen molar-refractivity contribution < 1.29 is 17.9 Å². The van der Waals surface area contributed by atoms with E-state index in [1.165, 1.54) is 5.56 Å². The second-order valence-corrected chi connectivity index (χ2v) is 9.44. The Morgan fingerprint density at radius 2 is 1.90 bits per heavy atom. The first-order valence-corrected chi connectivity index (χ1v) is 11.6. The van der Waals surface area contributed by atoms with Gasteiger partial charge < -0.3 is 9.47 Å². The summed E-state index contributed by atoms with van der Waals surface area (Å²) >= 11 is 0. The fourth-order valence-corrected chi connectivity index (χ4v) is 6.21. The number of likely N-dealkylation sites (tertiary alicyclic amines) is 1. The molecule has 0 amide bonds. The van der Waals surface area contributed by atoms with E-state index in [0.29, 0.717) is 12.3 Å². The molecule has 0 N–H and O–H groups in total. The van der Waals surface area contributed by atoms with Crippen LogP contribution in [0.4, 0.5) is 0 Å². The van der Waals surface area contributed by atoms with E-state index in [2.05, 4.69) is 17.0 Å². The highest BCUT2D eigenvalue weighted by molar-refractivity contribution is 7.89. The second-order valence-electron chi connectivity index (χ2n) is 7.58. The Balaban J connectivity index is 1.57. The lowest BCUT2D eigenvalue weighted by atomic mass is 10.1. The van der Waals surface area contributed by atoms with E-state index in [-0.39, 0.29) is 17.0 Å². The third-order valence-corrected chi connectivity index (χ3v) is 7.88. The zero-order chi connectivity index (χ0) is 20.4. The number of methoxy groups -OCH3 is 1. The standard InChI is InChI=1S/C22H28N2O4S/c1-3-24-19-11-13-23(16-17-7-6-8-18(15-17)27-2)14-12-20(19)28-21-9-4-5-10-22(21)29(24,25)26/h4-10,15,19-20H,3,11-14,16H2,1-2H3/t19-,20-/m0/s1. The predicted molar refractivity (Wildman–Crippen MR) is 112 cm³/mol. The predicted octanol–water partition coefficient (Wildman–Crippen LogP) is 3.13. The maximum atomic E-state index is 13.3. The van der Waals surface area contributed by atoms with E-state index in [1.807, 2.05) is 25.1 Å². The number of hydrogen-bond acceptors (Lipinski definition) is 5. The zero-order valence-corrected chi connectivity index (χ0v) is 17.8. The van der Waals surface area contributed by atoms with Gasteiger partial charge in [0.2, 0.25) is 10.0 Å². The minimum absolute atomic E-state index is 0.149. The van der Waals surface area contributed by atoms with Crippen LogP contribution in [0, 0.1) is 0 Å². The van der Waals surface area contributed by atoms with E-state index >= 15 is 0 Å². The molecule has 0 radical (unpaired) electrons. The van der Waals surface area contributed by atoms with Crippen LogP contribution in [0.3, 0.4) is 0 Å². The average molecular weight is 417 g/mol. The summed E-state index contributed by atoms with van der Waals surface area (Å²) in [6.45, 7) is 4.84. The van der Waals surface area contributed by atoms with Gasteiger partial charge in [-0.1, -0.05) is 31.2 Å². The molecule has 7 heteroatoms. The third kappa shape index (κ3) is 3.99. The molecule has 2 aromatic carbocycles. The van der Waals surface area contributed by atoms with Gasteiger partial charge in [-0.2, -0.15) is 4.31 Å². The van der Waals surface area contributed by atoms with Crippen molar-refractivity contribution in [3.8, 4) is 11.5 Å². The summed E-state index contributed by atoms with van der Waals surface area (Å²) in [5.41, 5.74) is 1.19. The number of nitrogens with zero attached hydrogens (tertiary/aromatic N) is 2. The molecular weight excluding hydrogens is 388 g/mol. The van der Waals surface area contributed by atoms with Crippen molar-refractivity contribution >= 4 is 10.0 Å². The van der Waals surface area contributed by atoms with Crippen molar-refractivity contribution in [2.75, 3.05) is 26.7 Å². The molecule has 2 aliphatic heterocycles. The van der Waals surface area contributed by atoms with Crippen LogP contribution in [-0.4, -0.2) is 56.5 Å². The van der Waals surface area contributed by atoms with Gasteiger partial charge in [0.05, 0.1) is 13.2 Å². The highest BCUT2D eigenvalue weighted by atomic mass is 32.2. The van der Waals surface area contributed by atoms with E-state index in [1.54, 1.807) is 29.6 Å². The smallest absolute Gasteiger partial charge is 0.247 e. The number of likely N-dealkylation sites (N-methyl/N-ethyl adjacent to an activating group) is 1. The minimum atomic E-state index is -3.57. The number of sulfonamides is 1. The molecular formula is C22H28N2O4S. The first-order valence-electron chi connectivity index (χ1n) is 10.2. The topological polar surface area (TPSA) is 59.1 Å². The molecule has 2 aromatic rings. The number of ether oxygens (including phenoxy) is 2. The van der Waals surface area contributed by atoms with Crippen molar-refractivity contribution in [2.24, 2.45) is 0 Å². The summed E-state index contributed by atoms with van der Waals surface area (Å²) in [4.78, 5) is 2.65. The van der Waals surface area contributed by atoms with Crippen LogP contribution in [0.15, 0.2) is 53.4 Å². The number of para-hydroxylation sites is 1. The van der Waals surface area contributed by atoms with Gasteiger partial charge in [0.25, 0.3) is 0 Å². The molecule has 0 saturated carbocycles. The molecule has 4 rings (SSSR count). The van der Waals surface area contributed by atoms with Gasteiger partial charge in [0, 0.05) is 26.2 Å². The normalized spacial score (nSPS) is 24.5. The molecule has 2 heterocycles. The van der Waals surface area contributed by atoms with Gasteiger partial charge in [0.1, 0.15) is 22.5 Å². The van der Waals surface area contributed by atoms with Crippen LogP contribution in [0.1, 0.15) is 25.3 Å². The molecule has 0 spiro atoms. The highest BCUT2D eigenvalue weighted by Gasteiger charge is 2.42.